The molecule has 1 atom stereocenters. The van der Waals surface area contributed by atoms with E-state index in [1.54, 1.807) is 0 Å². The molecule has 2 aromatic carbocycles. The Kier molecular flexibility index (Phi) is 4.20. The van der Waals surface area contributed by atoms with Gasteiger partial charge in [0.15, 0.2) is 6.10 Å². The van der Waals surface area contributed by atoms with Gasteiger partial charge in [-0.3, -0.25) is 4.79 Å². The van der Waals surface area contributed by atoms with Crippen LogP contribution in [0.1, 0.15) is 11.3 Å². The Bertz CT molecular complexity index is 876. The lowest BCUT2D eigenvalue weighted by Gasteiger charge is -2.10. The van der Waals surface area contributed by atoms with Crippen LogP contribution in [-0.4, -0.2) is 12.0 Å². The van der Waals surface area contributed by atoms with Gasteiger partial charge in [-0.25, -0.2) is 0 Å². The molecule has 4 nitrogen and oxygen atoms in total. The summed E-state index contributed by atoms with van der Waals surface area (Å²) in [4.78, 5) is 12.3. The van der Waals surface area contributed by atoms with Crippen molar-refractivity contribution in [2.24, 2.45) is 0 Å². The molecule has 5 heteroatoms. The number of carbonyl (C=O) groups excluding carboxylic acids is 1. The van der Waals surface area contributed by atoms with Crippen LogP contribution in [0.5, 0.6) is 5.75 Å². The van der Waals surface area contributed by atoms with Crippen LogP contribution in [0.2, 0.25) is 5.02 Å². The second kappa shape index (κ2) is 6.65. The minimum absolute atomic E-state index is 0.138. The van der Waals surface area contributed by atoms with E-state index in [0.29, 0.717) is 23.7 Å². The number of hydrogen-bond acceptors (Lipinski definition) is 3. The zero-order valence-electron chi connectivity index (χ0n) is 13.4. The second-order valence-electron chi connectivity index (χ2n) is 5.91. The SMILES string of the molecule is O=C(NCc1ccc(-c2ccc(Cl)cc2)o1)[C@@H]1Cc2ccccc2O1. The van der Waals surface area contributed by atoms with Crippen molar-refractivity contribution >= 4 is 17.5 Å². The summed E-state index contributed by atoms with van der Waals surface area (Å²) in [6, 6.07) is 18.9. The van der Waals surface area contributed by atoms with E-state index < -0.39 is 6.10 Å². The van der Waals surface area contributed by atoms with Crippen molar-refractivity contribution in [1.29, 1.82) is 0 Å². The molecule has 1 aromatic heterocycles. The fraction of sp³-hybridized carbons (Fsp3) is 0.150. The normalized spacial score (nSPS) is 15.5. The van der Waals surface area contributed by atoms with E-state index in [1.807, 2.05) is 60.7 Å². The van der Waals surface area contributed by atoms with Crippen molar-refractivity contribution in [2.45, 2.75) is 19.1 Å². The van der Waals surface area contributed by atoms with Crippen LogP contribution in [0.15, 0.2) is 65.1 Å². The summed E-state index contributed by atoms with van der Waals surface area (Å²) in [5.41, 5.74) is 2.00. The zero-order valence-corrected chi connectivity index (χ0v) is 14.1. The van der Waals surface area contributed by atoms with Gasteiger partial charge in [0.2, 0.25) is 0 Å². The van der Waals surface area contributed by atoms with Crippen molar-refractivity contribution in [3.8, 4) is 17.1 Å². The third-order valence-corrected chi connectivity index (χ3v) is 4.42. The third kappa shape index (κ3) is 3.39. The number of ether oxygens (including phenoxy) is 1. The van der Waals surface area contributed by atoms with Crippen LogP contribution < -0.4 is 10.1 Å². The second-order valence-corrected chi connectivity index (χ2v) is 6.35. The fourth-order valence-corrected chi connectivity index (χ4v) is 2.98. The number of nitrogens with one attached hydrogen (secondary N) is 1. The molecular weight excluding hydrogens is 338 g/mol. The predicted molar refractivity (Wildman–Crippen MR) is 95.6 cm³/mol. The Balaban J connectivity index is 1.36. The molecule has 4 rings (SSSR count). The first-order chi connectivity index (χ1) is 12.2. The van der Waals surface area contributed by atoms with E-state index >= 15 is 0 Å². The average Bonchev–Trinajstić information content (AvgIpc) is 3.27. The van der Waals surface area contributed by atoms with E-state index in [1.165, 1.54) is 0 Å². The van der Waals surface area contributed by atoms with Gasteiger partial charge in [-0.05, 0) is 48.0 Å². The summed E-state index contributed by atoms with van der Waals surface area (Å²) in [5.74, 6) is 2.07. The maximum absolute atomic E-state index is 12.3. The molecule has 126 valence electrons. The maximum atomic E-state index is 12.3. The summed E-state index contributed by atoms with van der Waals surface area (Å²) < 4.78 is 11.5. The smallest absolute Gasteiger partial charge is 0.261 e. The number of fused-ring (bicyclic) bond motifs is 1. The summed E-state index contributed by atoms with van der Waals surface area (Å²) in [6.45, 7) is 0.322. The highest BCUT2D eigenvalue weighted by Gasteiger charge is 2.28. The van der Waals surface area contributed by atoms with Gasteiger partial charge in [0.25, 0.3) is 5.91 Å². The third-order valence-electron chi connectivity index (χ3n) is 4.17. The Hall–Kier alpha value is -2.72. The largest absolute Gasteiger partial charge is 0.480 e. The number of amides is 1. The van der Waals surface area contributed by atoms with Crippen LogP contribution in [0, 0.1) is 0 Å². The van der Waals surface area contributed by atoms with Gasteiger partial charge >= 0.3 is 0 Å². The van der Waals surface area contributed by atoms with Crippen molar-refractivity contribution in [1.82, 2.24) is 5.32 Å². The lowest BCUT2D eigenvalue weighted by atomic mass is 10.1. The molecule has 1 N–H and O–H groups in total. The summed E-state index contributed by atoms with van der Waals surface area (Å²) >= 11 is 5.89. The number of halogens is 1. The number of furan rings is 1. The van der Waals surface area contributed by atoms with Crippen LogP contribution in [0.25, 0.3) is 11.3 Å². The minimum atomic E-state index is -0.483. The Morgan fingerprint density at radius 2 is 1.88 bits per heavy atom. The molecule has 0 saturated carbocycles. The van der Waals surface area contributed by atoms with E-state index in [-0.39, 0.29) is 5.91 Å². The average molecular weight is 354 g/mol. The molecule has 3 aromatic rings. The Labute approximate surface area is 150 Å². The van der Waals surface area contributed by atoms with Crippen LogP contribution in [0.3, 0.4) is 0 Å². The first-order valence-corrected chi connectivity index (χ1v) is 8.44. The van der Waals surface area contributed by atoms with Crippen LogP contribution in [0.4, 0.5) is 0 Å². The monoisotopic (exact) mass is 353 g/mol. The molecular formula is C20H16ClNO3. The number of para-hydroxylation sites is 1. The van der Waals surface area contributed by atoms with Gasteiger partial charge < -0.3 is 14.5 Å². The van der Waals surface area contributed by atoms with Gasteiger partial charge in [-0.2, -0.15) is 0 Å². The highest BCUT2D eigenvalue weighted by molar-refractivity contribution is 6.30. The molecule has 0 unspecified atom stereocenters. The van der Waals surface area contributed by atoms with Crippen molar-refractivity contribution in [3.05, 3.63) is 77.0 Å². The molecule has 1 aliphatic rings. The van der Waals surface area contributed by atoms with Crippen LogP contribution >= 0.6 is 11.6 Å². The van der Waals surface area contributed by atoms with E-state index in [4.69, 9.17) is 20.8 Å². The van der Waals surface area contributed by atoms with E-state index in [0.717, 1.165) is 22.6 Å². The number of hydrogen-bond donors (Lipinski definition) is 1. The lowest BCUT2D eigenvalue weighted by Crippen LogP contribution is -2.36. The number of rotatable bonds is 4. The van der Waals surface area contributed by atoms with Gasteiger partial charge in [-0.1, -0.05) is 29.8 Å². The topological polar surface area (TPSA) is 51.5 Å². The molecule has 1 aliphatic heterocycles. The molecule has 0 saturated heterocycles. The minimum Gasteiger partial charge on any atom is -0.480 e. The highest BCUT2D eigenvalue weighted by atomic mass is 35.5. The standard InChI is InChI=1S/C20H16ClNO3/c21-15-7-5-13(6-8-15)18-10-9-16(24-18)12-22-20(23)19-11-14-3-1-2-4-17(14)25-19/h1-10,19H,11-12H2,(H,22,23)/t19-/m0/s1. The molecule has 0 spiro atoms. The molecule has 0 fully saturated rings. The highest BCUT2D eigenvalue weighted by Crippen LogP contribution is 2.28. The van der Waals surface area contributed by atoms with Crippen molar-refractivity contribution < 1.29 is 13.9 Å². The van der Waals surface area contributed by atoms with Crippen molar-refractivity contribution in [2.75, 3.05) is 0 Å². The summed E-state index contributed by atoms with van der Waals surface area (Å²) in [5, 5.41) is 3.55. The molecule has 2 heterocycles. The summed E-state index contributed by atoms with van der Waals surface area (Å²) in [7, 11) is 0. The molecule has 1 amide bonds. The predicted octanol–water partition coefficient (Wildman–Crippen LogP) is 4.22. The molecule has 0 aliphatic carbocycles. The first kappa shape index (κ1) is 15.8. The quantitative estimate of drug-likeness (QED) is 0.764. The molecule has 0 radical (unpaired) electrons. The molecule has 0 bridgehead atoms. The van der Waals surface area contributed by atoms with Crippen LogP contribution in [-0.2, 0) is 17.8 Å². The Morgan fingerprint density at radius 1 is 1.08 bits per heavy atom. The fourth-order valence-electron chi connectivity index (χ4n) is 2.86. The number of benzene rings is 2. The van der Waals surface area contributed by atoms with E-state index in [9.17, 15) is 4.79 Å². The Morgan fingerprint density at radius 3 is 2.68 bits per heavy atom. The van der Waals surface area contributed by atoms with E-state index in [2.05, 4.69) is 5.32 Å². The van der Waals surface area contributed by atoms with Gasteiger partial charge in [0.1, 0.15) is 17.3 Å². The van der Waals surface area contributed by atoms with Crippen molar-refractivity contribution in [3.63, 3.8) is 0 Å². The summed E-state index contributed by atoms with van der Waals surface area (Å²) in [6.07, 6.45) is 0.110. The van der Waals surface area contributed by atoms with Gasteiger partial charge in [0, 0.05) is 17.0 Å². The van der Waals surface area contributed by atoms with Gasteiger partial charge in [-0.15, -0.1) is 0 Å². The first-order valence-electron chi connectivity index (χ1n) is 8.06. The lowest BCUT2D eigenvalue weighted by molar-refractivity contribution is -0.127. The maximum Gasteiger partial charge on any atom is 0.261 e. The molecule has 25 heavy (non-hydrogen) atoms. The number of carbonyl (C=O) groups is 1. The van der Waals surface area contributed by atoms with Gasteiger partial charge in [0.05, 0.1) is 6.54 Å². The zero-order chi connectivity index (χ0) is 17.2.